The van der Waals surface area contributed by atoms with Crippen LogP contribution in [0.15, 0.2) is 43.9 Å². The predicted octanol–water partition coefficient (Wildman–Crippen LogP) is 5.89. The van der Waals surface area contributed by atoms with Crippen molar-refractivity contribution in [1.29, 1.82) is 5.26 Å². The number of likely N-dealkylation sites (N-methyl/N-ethyl adjacent to an activating group) is 1. The fourth-order valence-corrected chi connectivity index (χ4v) is 12.4. The molecule has 7 aliphatic heterocycles. The Morgan fingerprint density at radius 1 is 0.923 bits per heavy atom. The summed E-state index contributed by atoms with van der Waals surface area (Å²) < 4.78 is 58.1. The zero-order valence-electron chi connectivity index (χ0n) is 36.5. The van der Waals surface area contributed by atoms with Gasteiger partial charge in [-0.25, -0.2) is 14.4 Å². The number of esters is 2. The molecule has 2 fully saturated rings. The molecule has 0 saturated carbocycles. The number of piperazine rings is 1. The molecule has 7 atom stereocenters. The molecule has 19 heteroatoms. The molecule has 10 rings (SSSR count). The van der Waals surface area contributed by atoms with E-state index in [9.17, 15) is 19.6 Å². The lowest BCUT2D eigenvalue weighted by Crippen LogP contribution is -2.69. The number of hydrogen-bond donors (Lipinski definition) is 1. The summed E-state index contributed by atoms with van der Waals surface area (Å²) in [6.07, 6.45) is 0.711. The van der Waals surface area contributed by atoms with Crippen molar-refractivity contribution in [3.05, 3.63) is 88.4 Å². The summed E-state index contributed by atoms with van der Waals surface area (Å²) in [7, 11) is 4.84. The van der Waals surface area contributed by atoms with E-state index in [4.69, 9.17) is 47.4 Å². The van der Waals surface area contributed by atoms with Gasteiger partial charge in [-0.05, 0) is 68.1 Å². The number of nitrogens with zero attached hydrogens (tertiary/aromatic N) is 3. The molecule has 4 bridgehead atoms. The van der Waals surface area contributed by atoms with E-state index in [2.05, 4.69) is 34.3 Å². The smallest absolute Gasteiger partial charge is 0.493 e. The van der Waals surface area contributed by atoms with Gasteiger partial charge in [-0.1, -0.05) is 19.2 Å². The van der Waals surface area contributed by atoms with Crippen molar-refractivity contribution in [2.24, 2.45) is 0 Å². The van der Waals surface area contributed by atoms with Crippen molar-refractivity contribution in [2.45, 2.75) is 74.6 Å². The molecule has 7 heterocycles. The van der Waals surface area contributed by atoms with Crippen molar-refractivity contribution >= 4 is 36.0 Å². The monoisotopic (exact) mass is 910 g/mol. The second-order valence-electron chi connectivity index (χ2n) is 16.3. The van der Waals surface area contributed by atoms with Gasteiger partial charge < -0.3 is 47.4 Å². The van der Waals surface area contributed by atoms with Crippen molar-refractivity contribution < 1.29 is 66.5 Å². The normalized spacial score (nSPS) is 25.8. The average Bonchev–Trinajstić information content (AvgIpc) is 3.77. The van der Waals surface area contributed by atoms with Gasteiger partial charge in [-0.3, -0.25) is 19.9 Å². The molecule has 65 heavy (non-hydrogen) atoms. The third-order valence-corrected chi connectivity index (χ3v) is 14.6. The number of methoxy groups -OCH3 is 2. The van der Waals surface area contributed by atoms with Crippen LogP contribution in [0.3, 0.4) is 0 Å². The molecule has 18 nitrogen and oxygen atoms in total. The topological polar surface area (TPSA) is 203 Å². The molecule has 340 valence electrons. The summed E-state index contributed by atoms with van der Waals surface area (Å²) in [4.78, 5) is 58.1. The van der Waals surface area contributed by atoms with Crippen LogP contribution in [-0.4, -0.2) is 99.1 Å². The Bertz CT molecular complexity index is 2610. The summed E-state index contributed by atoms with van der Waals surface area (Å²) in [6, 6.07) is 4.54. The molecule has 0 amide bonds. The van der Waals surface area contributed by atoms with Crippen molar-refractivity contribution in [3.8, 4) is 46.3 Å². The molecule has 0 aliphatic carbocycles. The summed E-state index contributed by atoms with van der Waals surface area (Å²) in [6.45, 7) is 11.8. The number of carbonyl (C=O) groups is 4. The molecule has 7 aliphatic rings. The number of nitriles is 1. The van der Waals surface area contributed by atoms with E-state index in [1.54, 1.807) is 19.1 Å². The third-order valence-electron chi connectivity index (χ3n) is 13.1. The lowest BCUT2D eigenvalue weighted by Gasteiger charge is -2.62. The average molecular weight is 911 g/mol. The van der Waals surface area contributed by atoms with Gasteiger partial charge in [0.15, 0.2) is 40.0 Å². The Morgan fingerprint density at radius 2 is 1.66 bits per heavy atom. The fraction of sp³-hybridized carbons (Fsp3) is 0.413. The SMILES string of the molecule is C=COC(=O)Oc1cc2c(cc1OC)[C@@]1(CS[C@@H]3c4c(OC(C)=O)c(C)c5c(c4[C@H](COC1=O)N1C3[C@@H]3c4c(cc(C)c(OC)c4OC(=O)OC=C)C[C@@H]([C@@H]1C#N)N3C)OCO5)NCC2. The van der Waals surface area contributed by atoms with Crippen LogP contribution in [0.25, 0.3) is 0 Å². The molecule has 1 spiro atoms. The standard InChI is InChI=1S/C46H46N4O14S/c1-9-57-44(53)63-31-15-24-11-12-48-46(26(24)16-30(31)55-7)19-65-42-34-33(40-39(60-20-61-40)22(4)38(34)62-23(5)51)29(18-59-43(46)52)50-28(17-47)27-14-25-13-21(3)37(56-8)41(64-45(54)58-10-2)32(25)35(36(42)50)49(27)6/h9-10,13,15-16,27-29,35-36,42,48H,1-2,11-12,14,18-20H2,3-8H3/t27-,28-,29-,35-,36?,42+,46+/m0/s1. The zero-order valence-corrected chi connectivity index (χ0v) is 37.3. The van der Waals surface area contributed by atoms with Crippen LogP contribution >= 0.6 is 11.8 Å². The molecule has 1 N–H and O–H groups in total. The second-order valence-corrected chi connectivity index (χ2v) is 17.5. The van der Waals surface area contributed by atoms with Crippen molar-refractivity contribution in [1.82, 2.24) is 15.1 Å². The molecule has 2 saturated heterocycles. The maximum Gasteiger partial charge on any atom is 0.518 e. The minimum atomic E-state index is -1.51. The van der Waals surface area contributed by atoms with Gasteiger partial charge in [0.1, 0.15) is 18.4 Å². The van der Waals surface area contributed by atoms with E-state index in [1.807, 2.05) is 20.0 Å². The Balaban J connectivity index is 1.30. The Hall–Kier alpha value is -6.46. The van der Waals surface area contributed by atoms with E-state index in [0.29, 0.717) is 75.6 Å². The molecular formula is C46H46N4O14S. The highest BCUT2D eigenvalue weighted by molar-refractivity contribution is 7.99. The van der Waals surface area contributed by atoms with Gasteiger partial charge in [-0.2, -0.15) is 5.26 Å². The van der Waals surface area contributed by atoms with Crippen LogP contribution in [0.2, 0.25) is 0 Å². The highest BCUT2D eigenvalue weighted by Gasteiger charge is 2.62. The summed E-state index contributed by atoms with van der Waals surface area (Å²) in [5.41, 5.74) is 3.59. The zero-order chi connectivity index (χ0) is 46.1. The van der Waals surface area contributed by atoms with E-state index in [-0.39, 0.29) is 42.2 Å². The van der Waals surface area contributed by atoms with E-state index >= 15 is 4.79 Å². The van der Waals surface area contributed by atoms with Crippen LogP contribution in [0, 0.1) is 25.2 Å². The van der Waals surface area contributed by atoms with E-state index in [1.165, 1.54) is 32.9 Å². The lowest BCUT2D eigenvalue weighted by molar-refractivity contribution is -0.157. The van der Waals surface area contributed by atoms with E-state index < -0.39 is 65.2 Å². The van der Waals surface area contributed by atoms with Crippen molar-refractivity contribution in [3.63, 3.8) is 0 Å². The number of thioether (sulfide) groups is 1. The van der Waals surface area contributed by atoms with Gasteiger partial charge in [0, 0.05) is 53.6 Å². The number of hydrogen-bond acceptors (Lipinski definition) is 19. The Morgan fingerprint density at radius 3 is 2.35 bits per heavy atom. The molecular weight excluding hydrogens is 865 g/mol. The number of benzene rings is 3. The Kier molecular flexibility index (Phi) is 11.3. The largest absolute Gasteiger partial charge is 0.518 e. The second kappa shape index (κ2) is 16.8. The van der Waals surface area contributed by atoms with Crippen LogP contribution in [0.5, 0.6) is 40.2 Å². The maximum atomic E-state index is 15.1. The number of nitrogens with one attached hydrogen (secondary N) is 1. The van der Waals surface area contributed by atoms with Crippen LogP contribution in [-0.2, 0) is 42.2 Å². The minimum Gasteiger partial charge on any atom is -0.493 e. The molecule has 0 radical (unpaired) electrons. The number of fused-ring (bicyclic) bond motifs is 9. The number of rotatable bonds is 7. The molecule has 3 aromatic carbocycles. The fourth-order valence-electron chi connectivity index (χ4n) is 10.7. The van der Waals surface area contributed by atoms with Crippen LogP contribution in [0.1, 0.15) is 68.8 Å². The number of ether oxygens (including phenoxy) is 10. The van der Waals surface area contributed by atoms with Gasteiger partial charge >= 0.3 is 24.2 Å². The maximum absolute atomic E-state index is 15.1. The number of carbonyl (C=O) groups excluding carboxylic acids is 4. The highest BCUT2D eigenvalue weighted by atomic mass is 32.2. The van der Waals surface area contributed by atoms with E-state index in [0.717, 1.165) is 18.1 Å². The van der Waals surface area contributed by atoms with Gasteiger partial charge in [0.2, 0.25) is 6.79 Å². The van der Waals surface area contributed by atoms with Gasteiger partial charge in [-0.15, -0.1) is 11.8 Å². The van der Waals surface area contributed by atoms with Gasteiger partial charge in [0.05, 0.1) is 50.1 Å². The first-order valence-electron chi connectivity index (χ1n) is 20.8. The number of aryl methyl sites for hydroxylation is 1. The quantitative estimate of drug-likeness (QED) is 0.0965. The summed E-state index contributed by atoms with van der Waals surface area (Å²) in [5, 5.41) is 14.1. The van der Waals surface area contributed by atoms with Crippen molar-refractivity contribution in [2.75, 3.05) is 47.0 Å². The summed E-state index contributed by atoms with van der Waals surface area (Å²) in [5.74, 6) is 0.592. The van der Waals surface area contributed by atoms with Crippen LogP contribution in [0.4, 0.5) is 9.59 Å². The van der Waals surface area contributed by atoms with Crippen LogP contribution < -0.4 is 38.5 Å². The first-order chi connectivity index (χ1) is 31.3. The third kappa shape index (κ3) is 6.80. The molecule has 1 unspecified atom stereocenters. The first-order valence-corrected chi connectivity index (χ1v) is 21.8. The highest BCUT2D eigenvalue weighted by Crippen LogP contribution is 2.65. The molecule has 0 aromatic heterocycles. The Labute approximate surface area is 378 Å². The minimum absolute atomic E-state index is 0.0307. The predicted molar refractivity (Wildman–Crippen MR) is 229 cm³/mol. The first kappa shape index (κ1) is 43.8. The summed E-state index contributed by atoms with van der Waals surface area (Å²) >= 11 is 1.40. The lowest BCUT2D eigenvalue weighted by atomic mass is 9.71. The van der Waals surface area contributed by atoms with Gasteiger partial charge in [0.25, 0.3) is 0 Å². The molecule has 3 aromatic rings.